The van der Waals surface area contributed by atoms with Crippen LogP contribution in [0.25, 0.3) is 81.6 Å². The van der Waals surface area contributed by atoms with E-state index in [-0.39, 0.29) is 0 Å². The van der Waals surface area contributed by atoms with Gasteiger partial charge in [0.05, 0.1) is 22.4 Å². The third-order valence-electron chi connectivity index (χ3n) is 10.00. The fourth-order valence-electron chi connectivity index (χ4n) is 7.86. The van der Waals surface area contributed by atoms with Gasteiger partial charge < -0.3 is 4.57 Å². The Morgan fingerprint density at radius 3 is 2.09 bits per heavy atom. The molecule has 9 aromatic rings. The lowest BCUT2D eigenvalue weighted by atomic mass is 10.1. The van der Waals surface area contributed by atoms with Crippen LogP contribution in [0.4, 0.5) is 0 Å². The van der Waals surface area contributed by atoms with Crippen molar-refractivity contribution in [2.45, 2.75) is 13.1 Å². The minimum absolute atomic E-state index is 0.777. The minimum Gasteiger partial charge on any atom is -0.309 e. The molecule has 0 saturated heterocycles. The maximum absolute atomic E-state index is 5.33. The number of thiophene rings is 1. The van der Waals surface area contributed by atoms with Gasteiger partial charge in [0.25, 0.3) is 0 Å². The summed E-state index contributed by atoms with van der Waals surface area (Å²) in [5.74, 6) is 0.777. The van der Waals surface area contributed by atoms with Crippen LogP contribution in [0.1, 0.15) is 0 Å². The SMILES string of the molecule is C[Si]1(C)c2ccccc2-c2nc(-c3ccccc3)nc(-c3ccc(-n4c5ccccc5c5c6c(ccc54)sc4ccccc46)cc3)c21. The molecule has 0 spiro atoms. The molecule has 1 aliphatic rings. The molecule has 222 valence electrons. The second-order valence-electron chi connectivity index (χ2n) is 13.0. The van der Waals surface area contributed by atoms with Gasteiger partial charge >= 0.3 is 0 Å². The summed E-state index contributed by atoms with van der Waals surface area (Å²) in [6.45, 7) is 4.88. The van der Waals surface area contributed by atoms with Crippen LogP contribution < -0.4 is 10.4 Å². The van der Waals surface area contributed by atoms with Gasteiger partial charge in [0, 0.05) is 47.8 Å². The molecule has 0 amide bonds. The van der Waals surface area contributed by atoms with E-state index in [9.17, 15) is 0 Å². The lowest BCUT2D eigenvalue weighted by Crippen LogP contribution is -2.50. The van der Waals surface area contributed by atoms with Crippen molar-refractivity contribution in [3.63, 3.8) is 0 Å². The maximum Gasteiger partial charge on any atom is 0.160 e. The maximum atomic E-state index is 5.33. The van der Waals surface area contributed by atoms with E-state index >= 15 is 0 Å². The highest BCUT2D eigenvalue weighted by atomic mass is 32.1. The molecular weight excluding hydrogens is 607 g/mol. The van der Waals surface area contributed by atoms with Crippen molar-refractivity contribution in [2.24, 2.45) is 0 Å². The Bertz CT molecular complexity index is 2700. The second-order valence-corrected chi connectivity index (χ2v) is 18.4. The molecule has 3 nitrogen and oxygen atoms in total. The number of fused-ring (bicyclic) bond motifs is 10. The highest BCUT2D eigenvalue weighted by molar-refractivity contribution is 7.26. The van der Waals surface area contributed by atoms with Crippen LogP contribution in [0.3, 0.4) is 0 Å². The van der Waals surface area contributed by atoms with Crippen LogP contribution >= 0.6 is 11.3 Å². The van der Waals surface area contributed by atoms with E-state index in [0.717, 1.165) is 34.0 Å². The quantitative estimate of drug-likeness (QED) is 0.181. The van der Waals surface area contributed by atoms with E-state index in [1.807, 2.05) is 17.4 Å². The van der Waals surface area contributed by atoms with Gasteiger partial charge in [0.15, 0.2) is 5.82 Å². The van der Waals surface area contributed by atoms with Crippen LogP contribution in [0.15, 0.2) is 140 Å². The molecule has 0 bridgehead atoms. The zero-order valence-corrected chi connectivity index (χ0v) is 27.8. The first-order valence-corrected chi connectivity index (χ1v) is 19.9. The number of benzene rings is 6. The standard InChI is InChI=1S/C42H29N3SSi/c1-47(2)36-19-11-8-16-31(36)40-41(47)39(43-42(44-40)27-12-4-3-5-13-27)26-20-22-28(23-21-26)45-32-17-9-6-14-29(32)37-33(45)24-25-35-38(37)30-15-7-10-18-34(30)46-35/h3-25H,1-2H3. The van der Waals surface area contributed by atoms with Crippen LogP contribution in [0.2, 0.25) is 13.1 Å². The lowest BCUT2D eigenvalue weighted by molar-refractivity contribution is 1.17. The molecule has 0 radical (unpaired) electrons. The van der Waals surface area contributed by atoms with Crippen molar-refractivity contribution in [1.29, 1.82) is 0 Å². The molecule has 0 aliphatic carbocycles. The van der Waals surface area contributed by atoms with Gasteiger partial charge in [-0.1, -0.05) is 116 Å². The second kappa shape index (κ2) is 9.82. The molecule has 0 atom stereocenters. The summed E-state index contributed by atoms with van der Waals surface area (Å²) in [6, 6.07) is 50.5. The molecule has 6 aromatic carbocycles. The fraction of sp³-hybridized carbons (Fsp3) is 0.0476. The van der Waals surface area contributed by atoms with Gasteiger partial charge in [-0.05, 0) is 52.3 Å². The van der Waals surface area contributed by atoms with Crippen molar-refractivity contribution in [1.82, 2.24) is 14.5 Å². The molecule has 10 rings (SSSR count). The summed E-state index contributed by atoms with van der Waals surface area (Å²) in [6.07, 6.45) is 0. The Hall–Kier alpha value is -5.36. The van der Waals surface area contributed by atoms with Crippen LogP contribution in [0, 0.1) is 0 Å². The molecule has 4 heterocycles. The monoisotopic (exact) mass is 635 g/mol. The fourth-order valence-corrected chi connectivity index (χ4v) is 12.2. The Balaban J connectivity index is 1.19. The molecule has 0 fully saturated rings. The summed E-state index contributed by atoms with van der Waals surface area (Å²) in [4.78, 5) is 10.6. The highest BCUT2D eigenvalue weighted by Crippen LogP contribution is 2.43. The van der Waals surface area contributed by atoms with Gasteiger partial charge in [-0.25, -0.2) is 9.97 Å². The van der Waals surface area contributed by atoms with Gasteiger partial charge in [-0.15, -0.1) is 11.3 Å². The van der Waals surface area contributed by atoms with Crippen LogP contribution in [0.5, 0.6) is 0 Å². The summed E-state index contributed by atoms with van der Waals surface area (Å²) >= 11 is 1.88. The largest absolute Gasteiger partial charge is 0.309 e. The topological polar surface area (TPSA) is 30.7 Å². The van der Waals surface area contributed by atoms with E-state index in [4.69, 9.17) is 9.97 Å². The number of rotatable bonds is 3. The highest BCUT2D eigenvalue weighted by Gasteiger charge is 2.41. The first-order chi connectivity index (χ1) is 23.1. The lowest BCUT2D eigenvalue weighted by Gasteiger charge is -2.21. The molecule has 0 unspecified atom stereocenters. The predicted octanol–water partition coefficient (Wildman–Crippen LogP) is 10.1. The Morgan fingerprint density at radius 2 is 1.23 bits per heavy atom. The Morgan fingerprint density at radius 1 is 0.532 bits per heavy atom. The van der Waals surface area contributed by atoms with Crippen molar-refractivity contribution in [3.8, 4) is 39.6 Å². The third-order valence-corrected chi connectivity index (χ3v) is 14.6. The number of hydrogen-bond donors (Lipinski definition) is 0. The first kappa shape index (κ1) is 26.8. The van der Waals surface area contributed by atoms with Crippen molar-refractivity contribution >= 4 is 71.8 Å². The predicted molar refractivity (Wildman–Crippen MR) is 202 cm³/mol. The first-order valence-electron chi connectivity index (χ1n) is 16.1. The smallest absolute Gasteiger partial charge is 0.160 e. The average molecular weight is 636 g/mol. The minimum atomic E-state index is -2.04. The van der Waals surface area contributed by atoms with Gasteiger partial charge in [-0.3, -0.25) is 0 Å². The molecular formula is C42H29N3SSi. The number of para-hydroxylation sites is 1. The number of aromatic nitrogens is 3. The summed E-state index contributed by atoms with van der Waals surface area (Å²) in [5.41, 5.74) is 9.17. The molecule has 1 aliphatic heterocycles. The van der Waals surface area contributed by atoms with Gasteiger partial charge in [-0.2, -0.15) is 0 Å². The zero-order chi connectivity index (χ0) is 31.3. The van der Waals surface area contributed by atoms with Crippen LogP contribution in [-0.2, 0) is 0 Å². The van der Waals surface area contributed by atoms with Crippen molar-refractivity contribution < 1.29 is 0 Å². The Labute approximate surface area is 277 Å². The van der Waals surface area contributed by atoms with Crippen LogP contribution in [-0.4, -0.2) is 22.6 Å². The summed E-state index contributed by atoms with van der Waals surface area (Å²) < 4.78 is 5.09. The summed E-state index contributed by atoms with van der Waals surface area (Å²) in [7, 11) is -2.04. The summed E-state index contributed by atoms with van der Waals surface area (Å²) in [5, 5.41) is 8.06. The zero-order valence-electron chi connectivity index (χ0n) is 26.0. The van der Waals surface area contributed by atoms with Gasteiger partial charge in [0.1, 0.15) is 8.07 Å². The molecule has 47 heavy (non-hydrogen) atoms. The third kappa shape index (κ3) is 3.78. The van der Waals surface area contributed by atoms with Crippen molar-refractivity contribution in [3.05, 3.63) is 140 Å². The van der Waals surface area contributed by atoms with Gasteiger partial charge in [0.2, 0.25) is 0 Å². The van der Waals surface area contributed by atoms with Crippen molar-refractivity contribution in [2.75, 3.05) is 0 Å². The molecule has 5 heteroatoms. The molecule has 0 N–H and O–H groups in total. The average Bonchev–Trinajstić information content (AvgIpc) is 3.74. The molecule has 3 aromatic heterocycles. The normalized spacial score (nSPS) is 13.5. The number of nitrogens with zero attached hydrogens (tertiary/aromatic N) is 3. The van der Waals surface area contributed by atoms with E-state index in [0.29, 0.717) is 0 Å². The van der Waals surface area contributed by atoms with E-state index in [1.165, 1.54) is 57.9 Å². The molecule has 0 saturated carbocycles. The van der Waals surface area contributed by atoms with E-state index < -0.39 is 8.07 Å². The van der Waals surface area contributed by atoms with E-state index in [2.05, 4.69) is 151 Å². The Kier molecular flexibility index (Phi) is 5.60. The van der Waals surface area contributed by atoms with E-state index in [1.54, 1.807) is 0 Å². The number of hydrogen-bond acceptors (Lipinski definition) is 3.